The zero-order chi connectivity index (χ0) is 70.4. The summed E-state index contributed by atoms with van der Waals surface area (Å²) in [6.45, 7) is 47.6. The van der Waals surface area contributed by atoms with Gasteiger partial charge in [0, 0.05) is 189 Å². The fourth-order valence-corrected chi connectivity index (χ4v) is 14.1. The van der Waals surface area contributed by atoms with E-state index in [9.17, 15) is 0 Å². The SMILES string of the molecule is COc1cc(-c2nc(N3CCN(C(C)C)CC3)no2)ccc1C.COc1cc(-c2nnc(N3CCC(N4CCN(C(C)C)CC4)CC3)o2)ccc1C.Cc1ccc(-c2nc(N3CCN(C(C)C)CC3)no2)cc1.Cc1ccc(-c2nnc(N3CCC(N4CCN(C(C)C)CC4)CC3)o2)cc1. The van der Waals surface area contributed by atoms with Gasteiger partial charge in [0.05, 0.1) is 14.2 Å². The van der Waals surface area contributed by atoms with Gasteiger partial charge < -0.3 is 47.0 Å². The second kappa shape index (κ2) is 34.6. The van der Waals surface area contributed by atoms with Crippen LogP contribution in [0.15, 0.2) is 103 Å². The zero-order valence-corrected chi connectivity index (χ0v) is 62.0. The Labute approximate surface area is 592 Å². The van der Waals surface area contributed by atoms with Crippen LogP contribution in [0.25, 0.3) is 45.8 Å². The summed E-state index contributed by atoms with van der Waals surface area (Å²) >= 11 is 0. The summed E-state index contributed by atoms with van der Waals surface area (Å²) in [5.41, 5.74) is 8.36. The molecule has 24 heteroatoms. The molecule has 10 heterocycles. The van der Waals surface area contributed by atoms with Crippen LogP contribution in [-0.4, -0.2) is 251 Å². The minimum absolute atomic E-state index is 0.532. The summed E-state index contributed by atoms with van der Waals surface area (Å²) in [5, 5.41) is 25.4. The molecule has 0 aliphatic carbocycles. The predicted octanol–water partition coefficient (Wildman–Crippen LogP) is 11.2. The molecule has 6 aliphatic heterocycles. The fourth-order valence-electron chi connectivity index (χ4n) is 14.1. The van der Waals surface area contributed by atoms with Crippen LogP contribution in [-0.2, 0) is 0 Å². The van der Waals surface area contributed by atoms with E-state index in [1.54, 1.807) is 14.2 Å². The molecule has 4 aromatic carbocycles. The lowest BCUT2D eigenvalue weighted by Crippen LogP contribution is -2.54. The van der Waals surface area contributed by atoms with Crippen molar-refractivity contribution in [3.05, 3.63) is 107 Å². The van der Waals surface area contributed by atoms with Gasteiger partial charge in [0.1, 0.15) is 11.5 Å². The number of piperidine rings is 2. The van der Waals surface area contributed by atoms with Crippen LogP contribution >= 0.6 is 0 Å². The number of methoxy groups -OCH3 is 2. The molecule has 0 spiro atoms. The van der Waals surface area contributed by atoms with Gasteiger partial charge in [-0.1, -0.05) is 57.7 Å². The molecule has 4 aromatic heterocycles. The summed E-state index contributed by atoms with van der Waals surface area (Å²) in [6, 6.07) is 33.4. The molecule has 0 radical (unpaired) electrons. The van der Waals surface area contributed by atoms with E-state index in [1.807, 2.05) is 74.5 Å². The maximum absolute atomic E-state index is 6.00. The number of aromatic nitrogens is 8. The summed E-state index contributed by atoms with van der Waals surface area (Å²) in [7, 11) is 3.35. The highest BCUT2D eigenvalue weighted by Gasteiger charge is 2.33. The Bertz CT molecular complexity index is 3750. The summed E-state index contributed by atoms with van der Waals surface area (Å²) in [6.07, 6.45) is 4.64. The Hall–Kier alpha value is -8.00. The first kappa shape index (κ1) is 73.2. The third-order valence-electron chi connectivity index (χ3n) is 20.9. The summed E-state index contributed by atoms with van der Waals surface area (Å²) in [5.74, 6) is 5.31. The van der Waals surface area contributed by atoms with Crippen LogP contribution in [0.4, 0.5) is 23.9 Å². The number of ether oxygens (including phenoxy) is 2. The van der Waals surface area contributed by atoms with Gasteiger partial charge in [0.25, 0.3) is 23.7 Å². The third kappa shape index (κ3) is 18.9. The highest BCUT2D eigenvalue weighted by Crippen LogP contribution is 2.32. The van der Waals surface area contributed by atoms with E-state index in [0.717, 1.165) is 136 Å². The van der Waals surface area contributed by atoms with E-state index in [-0.39, 0.29) is 0 Å². The van der Waals surface area contributed by atoms with Crippen LogP contribution in [0.2, 0.25) is 0 Å². The smallest absolute Gasteiger partial charge is 0.318 e. The Morgan fingerprint density at radius 1 is 0.350 bits per heavy atom. The van der Waals surface area contributed by atoms with Gasteiger partial charge >= 0.3 is 12.0 Å². The lowest BCUT2D eigenvalue weighted by molar-refractivity contribution is 0.0689. The van der Waals surface area contributed by atoms with Crippen molar-refractivity contribution in [1.82, 2.24) is 70.1 Å². The maximum Gasteiger partial charge on any atom is 0.318 e. The molecule has 0 amide bonds. The van der Waals surface area contributed by atoms with Gasteiger partial charge in [-0.05, 0) is 179 Å². The average Bonchev–Trinajstić information content (AvgIpc) is 1.67. The maximum atomic E-state index is 6.00. The Morgan fingerprint density at radius 2 is 0.660 bits per heavy atom. The summed E-state index contributed by atoms with van der Waals surface area (Å²) in [4.78, 5) is 33.4. The quantitative estimate of drug-likeness (QED) is 0.0881. The van der Waals surface area contributed by atoms with Crippen molar-refractivity contribution >= 4 is 23.9 Å². The van der Waals surface area contributed by atoms with Crippen LogP contribution in [0.3, 0.4) is 0 Å². The lowest BCUT2D eigenvalue weighted by Gasteiger charge is -2.43. The second-order valence-corrected chi connectivity index (χ2v) is 28.7. The zero-order valence-electron chi connectivity index (χ0n) is 62.0. The molecule has 0 saturated carbocycles. The monoisotopic (exact) mass is 1370 g/mol. The van der Waals surface area contributed by atoms with Crippen molar-refractivity contribution in [1.29, 1.82) is 0 Å². The topological polar surface area (TPSA) is 207 Å². The number of benzene rings is 4. The highest BCUT2D eigenvalue weighted by atomic mass is 16.5. The average molecular weight is 1370 g/mol. The van der Waals surface area contributed by atoms with Crippen molar-refractivity contribution in [2.24, 2.45) is 0 Å². The number of aryl methyl sites for hydroxylation is 4. The molecule has 6 fully saturated rings. The van der Waals surface area contributed by atoms with Crippen LogP contribution in [0.1, 0.15) is 103 Å². The van der Waals surface area contributed by atoms with E-state index in [2.05, 4.69) is 183 Å². The van der Waals surface area contributed by atoms with Crippen molar-refractivity contribution in [3.63, 3.8) is 0 Å². The minimum Gasteiger partial charge on any atom is -0.496 e. The molecule has 24 nitrogen and oxygen atoms in total. The molecule has 100 heavy (non-hydrogen) atoms. The van der Waals surface area contributed by atoms with Gasteiger partial charge in [-0.15, -0.1) is 10.2 Å². The largest absolute Gasteiger partial charge is 0.496 e. The molecular formula is C76H110N18O6. The van der Waals surface area contributed by atoms with Crippen molar-refractivity contribution in [2.75, 3.05) is 165 Å². The summed E-state index contributed by atoms with van der Waals surface area (Å²) < 4.78 is 33.6. The third-order valence-corrected chi connectivity index (χ3v) is 20.9. The molecule has 0 bridgehead atoms. The normalized spacial score (nSPS) is 18.5. The lowest BCUT2D eigenvalue weighted by atomic mass is 10.0. The molecule has 0 unspecified atom stereocenters. The first-order chi connectivity index (χ1) is 48.4. The highest BCUT2D eigenvalue weighted by molar-refractivity contribution is 5.60. The number of nitrogens with zero attached hydrogens (tertiary/aromatic N) is 18. The molecule has 0 atom stereocenters. The van der Waals surface area contributed by atoms with E-state index >= 15 is 0 Å². The molecule has 8 aromatic rings. The first-order valence-corrected chi connectivity index (χ1v) is 36.6. The van der Waals surface area contributed by atoms with Crippen molar-refractivity contribution in [3.8, 4) is 57.3 Å². The van der Waals surface area contributed by atoms with Gasteiger partial charge in [-0.2, -0.15) is 9.97 Å². The van der Waals surface area contributed by atoms with E-state index < -0.39 is 0 Å². The number of piperazine rings is 4. The van der Waals surface area contributed by atoms with E-state index in [1.165, 1.54) is 76.3 Å². The number of rotatable bonds is 16. The van der Waals surface area contributed by atoms with Gasteiger partial charge in [-0.25, -0.2) is 0 Å². The van der Waals surface area contributed by atoms with Crippen molar-refractivity contribution < 1.29 is 27.4 Å². The van der Waals surface area contributed by atoms with Crippen LogP contribution in [0, 0.1) is 27.7 Å². The van der Waals surface area contributed by atoms with Crippen molar-refractivity contribution in [2.45, 2.75) is 145 Å². The first-order valence-electron chi connectivity index (χ1n) is 36.6. The molecule has 6 saturated heterocycles. The number of hydrogen-bond donors (Lipinski definition) is 0. The molecule has 540 valence electrons. The second-order valence-electron chi connectivity index (χ2n) is 28.7. The molecule has 0 N–H and O–H groups in total. The predicted molar refractivity (Wildman–Crippen MR) is 396 cm³/mol. The standard InChI is InChI=1S/C22H33N5O2.C21H31N5O.C17H24N4O2.C16H22N4O/c1-16(2)25-11-13-26(14-12-25)19-7-9-27(10-8-19)22-24-23-21(29-22)18-6-5-17(3)20(15-18)28-4;1-16(2)24-12-14-25(15-13-24)19-8-10-26(11-9-19)21-23-22-20(27-21)18-6-4-17(3)5-7-18;1-12(2)20-7-9-21(10-8-20)17-18-16(23-19-17)14-6-5-13(3)15(11-14)22-4;1-12(2)19-8-10-20(11-9-19)16-17-15(21-18-16)14-6-4-13(3)5-7-14/h5-6,15-16,19H,7-14H2,1-4H3;4-7,16,19H,8-15H2,1-3H3;5-6,11-12H,7-10H2,1-4H3;4-7,12H,8-11H2,1-3H3. The Morgan fingerprint density at radius 3 is 1.01 bits per heavy atom. The molecular weight excluding hydrogens is 1260 g/mol. The van der Waals surface area contributed by atoms with Gasteiger partial charge in [0.2, 0.25) is 11.8 Å². The van der Waals surface area contributed by atoms with Gasteiger partial charge in [-0.3, -0.25) is 29.4 Å². The minimum atomic E-state index is 0.532. The van der Waals surface area contributed by atoms with E-state index in [0.29, 0.717) is 83.7 Å². The van der Waals surface area contributed by atoms with Gasteiger partial charge in [0.15, 0.2) is 0 Å². The number of anilines is 4. The molecule has 6 aliphatic rings. The van der Waals surface area contributed by atoms with Crippen LogP contribution < -0.4 is 29.1 Å². The van der Waals surface area contributed by atoms with E-state index in [4.69, 9.17) is 27.4 Å². The van der Waals surface area contributed by atoms with Crippen LogP contribution in [0.5, 0.6) is 11.5 Å². The Balaban J connectivity index is 0.000000135. The Kier molecular flexibility index (Phi) is 25.3. The fraction of sp³-hybridized carbons (Fsp3) is 0.579. The number of hydrogen-bond acceptors (Lipinski definition) is 24. The molecule has 14 rings (SSSR count).